The van der Waals surface area contributed by atoms with E-state index in [-0.39, 0.29) is 11.9 Å². The van der Waals surface area contributed by atoms with Gasteiger partial charge < -0.3 is 10.2 Å². The van der Waals surface area contributed by atoms with Crippen molar-refractivity contribution in [2.24, 2.45) is 0 Å². The summed E-state index contributed by atoms with van der Waals surface area (Å²) in [6.45, 7) is 6.05. The van der Waals surface area contributed by atoms with Crippen molar-refractivity contribution in [2.45, 2.75) is 25.8 Å². The predicted molar refractivity (Wildman–Crippen MR) is 65.0 cm³/mol. The highest BCUT2D eigenvalue weighted by Gasteiger charge is 2.15. The summed E-state index contributed by atoms with van der Waals surface area (Å²) in [7, 11) is 0. The Hall–Kier alpha value is -1.05. The summed E-state index contributed by atoms with van der Waals surface area (Å²) in [5, 5.41) is 5.83. The van der Waals surface area contributed by atoms with Gasteiger partial charge in [0.05, 0.1) is 13.1 Å². The Kier molecular flexibility index (Phi) is 5.91. The van der Waals surface area contributed by atoms with Gasteiger partial charge in [-0.25, -0.2) is 0 Å². The first-order valence-electron chi connectivity index (χ1n) is 5.88. The molecule has 0 bridgehead atoms. The van der Waals surface area contributed by atoms with Crippen LogP contribution >= 0.6 is 0 Å². The van der Waals surface area contributed by atoms with Crippen molar-refractivity contribution in [2.75, 3.05) is 32.7 Å². The molecule has 0 aromatic carbocycles. The van der Waals surface area contributed by atoms with Crippen LogP contribution in [0.4, 0.5) is 0 Å². The zero-order valence-corrected chi connectivity index (χ0v) is 9.96. The van der Waals surface area contributed by atoms with Gasteiger partial charge in [0.25, 0.3) is 0 Å². The molecule has 0 radical (unpaired) electrons. The molecule has 1 saturated heterocycles. The maximum Gasteiger partial charge on any atom is 0.234 e. The Morgan fingerprint density at radius 2 is 2.19 bits per heavy atom. The molecule has 0 aromatic rings. The van der Waals surface area contributed by atoms with Gasteiger partial charge in [-0.15, -0.1) is 6.42 Å². The summed E-state index contributed by atoms with van der Waals surface area (Å²) in [5.74, 6) is 2.45. The molecule has 2 N–H and O–H groups in total. The van der Waals surface area contributed by atoms with E-state index in [9.17, 15) is 4.79 Å². The monoisotopic (exact) mass is 223 g/mol. The van der Waals surface area contributed by atoms with Gasteiger partial charge in [0.2, 0.25) is 5.91 Å². The number of nitrogens with zero attached hydrogens (tertiary/aromatic N) is 1. The summed E-state index contributed by atoms with van der Waals surface area (Å²) in [6.07, 6.45) is 7.64. The molecular weight excluding hydrogens is 202 g/mol. The zero-order valence-electron chi connectivity index (χ0n) is 9.96. The molecule has 0 aliphatic carbocycles. The third-order valence-electron chi connectivity index (χ3n) is 2.65. The average Bonchev–Trinajstić information content (AvgIpc) is 2.70. The van der Waals surface area contributed by atoms with Gasteiger partial charge in [-0.3, -0.25) is 10.1 Å². The number of terminal acetylenes is 1. The Labute approximate surface area is 97.8 Å². The number of carbonyl (C=O) groups excluding carboxylic acids is 1. The van der Waals surface area contributed by atoms with E-state index in [2.05, 4.69) is 21.5 Å². The number of amides is 1. The number of likely N-dealkylation sites (tertiary alicyclic amines) is 1. The van der Waals surface area contributed by atoms with E-state index >= 15 is 0 Å². The fourth-order valence-electron chi connectivity index (χ4n) is 1.97. The quantitative estimate of drug-likeness (QED) is 0.484. The standard InChI is InChI=1S/C12H21N3O/c1-3-6-13-9-12(16)14-11(2)10-15-7-4-5-8-15/h1,11,13H,4-10H2,2H3,(H,14,16). The maximum absolute atomic E-state index is 11.4. The SMILES string of the molecule is C#CCNCC(=O)NC(C)CN1CCCC1. The lowest BCUT2D eigenvalue weighted by Gasteiger charge is -2.21. The number of rotatable bonds is 6. The van der Waals surface area contributed by atoms with Crippen LogP contribution in [0.5, 0.6) is 0 Å². The molecule has 1 fully saturated rings. The topological polar surface area (TPSA) is 44.4 Å². The molecule has 4 heteroatoms. The van der Waals surface area contributed by atoms with E-state index in [1.807, 2.05) is 6.92 Å². The second-order valence-corrected chi connectivity index (χ2v) is 4.28. The van der Waals surface area contributed by atoms with Crippen LogP contribution in [0.3, 0.4) is 0 Å². The molecule has 0 aromatic heterocycles. The first kappa shape index (κ1) is 13.0. The van der Waals surface area contributed by atoms with Crippen molar-refractivity contribution < 1.29 is 4.79 Å². The van der Waals surface area contributed by atoms with Crippen molar-refractivity contribution >= 4 is 5.91 Å². The fourth-order valence-corrected chi connectivity index (χ4v) is 1.97. The molecule has 0 spiro atoms. The third-order valence-corrected chi connectivity index (χ3v) is 2.65. The Morgan fingerprint density at radius 3 is 2.81 bits per heavy atom. The van der Waals surface area contributed by atoms with Gasteiger partial charge in [-0.2, -0.15) is 0 Å². The molecule has 1 rings (SSSR count). The molecule has 1 atom stereocenters. The molecular formula is C12H21N3O. The average molecular weight is 223 g/mol. The minimum atomic E-state index is 0.0157. The van der Waals surface area contributed by atoms with Crippen molar-refractivity contribution in [1.82, 2.24) is 15.5 Å². The molecule has 0 saturated carbocycles. The van der Waals surface area contributed by atoms with E-state index in [0.717, 1.165) is 19.6 Å². The molecule has 1 heterocycles. The van der Waals surface area contributed by atoms with Crippen LogP contribution in [-0.2, 0) is 4.79 Å². The largest absolute Gasteiger partial charge is 0.351 e. The lowest BCUT2D eigenvalue weighted by Crippen LogP contribution is -2.44. The van der Waals surface area contributed by atoms with E-state index in [1.165, 1.54) is 12.8 Å². The molecule has 4 nitrogen and oxygen atoms in total. The Morgan fingerprint density at radius 1 is 1.50 bits per heavy atom. The lowest BCUT2D eigenvalue weighted by molar-refractivity contribution is -0.120. The Bertz CT molecular complexity index is 253. The first-order valence-corrected chi connectivity index (χ1v) is 5.88. The number of carbonyl (C=O) groups is 1. The van der Waals surface area contributed by atoms with Crippen LogP contribution < -0.4 is 10.6 Å². The van der Waals surface area contributed by atoms with Crippen LogP contribution in [0.1, 0.15) is 19.8 Å². The molecule has 1 unspecified atom stereocenters. The third kappa shape index (κ3) is 5.15. The van der Waals surface area contributed by atoms with Crippen molar-refractivity contribution in [1.29, 1.82) is 0 Å². The number of hydrogen-bond donors (Lipinski definition) is 2. The van der Waals surface area contributed by atoms with Crippen LogP contribution in [0.25, 0.3) is 0 Å². The summed E-state index contributed by atoms with van der Waals surface area (Å²) in [6, 6.07) is 0.207. The van der Waals surface area contributed by atoms with Gasteiger partial charge in [-0.1, -0.05) is 5.92 Å². The molecule has 16 heavy (non-hydrogen) atoms. The van der Waals surface area contributed by atoms with E-state index < -0.39 is 0 Å². The minimum Gasteiger partial charge on any atom is -0.351 e. The highest BCUT2D eigenvalue weighted by molar-refractivity contribution is 5.78. The summed E-state index contributed by atoms with van der Waals surface area (Å²) in [5.41, 5.74) is 0. The highest BCUT2D eigenvalue weighted by atomic mass is 16.1. The second kappa shape index (κ2) is 7.26. The summed E-state index contributed by atoms with van der Waals surface area (Å²) in [4.78, 5) is 13.8. The van der Waals surface area contributed by atoms with E-state index in [1.54, 1.807) is 0 Å². The van der Waals surface area contributed by atoms with E-state index in [4.69, 9.17) is 6.42 Å². The zero-order chi connectivity index (χ0) is 11.8. The second-order valence-electron chi connectivity index (χ2n) is 4.28. The van der Waals surface area contributed by atoms with Gasteiger partial charge in [-0.05, 0) is 32.9 Å². The smallest absolute Gasteiger partial charge is 0.234 e. The van der Waals surface area contributed by atoms with E-state index in [0.29, 0.717) is 13.1 Å². The summed E-state index contributed by atoms with van der Waals surface area (Å²) < 4.78 is 0. The van der Waals surface area contributed by atoms with Crippen LogP contribution in [-0.4, -0.2) is 49.6 Å². The number of nitrogens with one attached hydrogen (secondary N) is 2. The van der Waals surface area contributed by atoms with Crippen LogP contribution in [0.15, 0.2) is 0 Å². The van der Waals surface area contributed by atoms with Gasteiger partial charge >= 0.3 is 0 Å². The van der Waals surface area contributed by atoms with Crippen LogP contribution in [0.2, 0.25) is 0 Å². The molecule has 1 aliphatic heterocycles. The molecule has 1 amide bonds. The van der Waals surface area contributed by atoms with Crippen molar-refractivity contribution in [3.63, 3.8) is 0 Å². The molecule has 90 valence electrons. The lowest BCUT2D eigenvalue weighted by atomic mass is 10.3. The first-order chi connectivity index (χ1) is 7.72. The molecule has 1 aliphatic rings. The predicted octanol–water partition coefficient (Wildman–Crippen LogP) is -0.190. The number of hydrogen-bond acceptors (Lipinski definition) is 3. The maximum atomic E-state index is 11.4. The van der Waals surface area contributed by atoms with Crippen molar-refractivity contribution in [3.8, 4) is 12.3 Å². The van der Waals surface area contributed by atoms with Crippen molar-refractivity contribution in [3.05, 3.63) is 0 Å². The highest BCUT2D eigenvalue weighted by Crippen LogP contribution is 2.07. The Balaban J connectivity index is 2.10. The summed E-state index contributed by atoms with van der Waals surface area (Å²) >= 11 is 0. The van der Waals surface area contributed by atoms with Gasteiger partial charge in [0, 0.05) is 12.6 Å². The fraction of sp³-hybridized carbons (Fsp3) is 0.750. The normalized spacial score (nSPS) is 18.0. The van der Waals surface area contributed by atoms with Crippen LogP contribution in [0, 0.1) is 12.3 Å². The minimum absolute atomic E-state index is 0.0157. The van der Waals surface area contributed by atoms with Gasteiger partial charge in [0.1, 0.15) is 0 Å². The van der Waals surface area contributed by atoms with Gasteiger partial charge in [0.15, 0.2) is 0 Å².